The molecule has 3 heteroatoms. The standard InChI is InChI=1S/C16H17Cl2N/c1-11-5-7-12(8-6-11)13(10-19)9-14-15(17)3-2-4-16(14)18/h2-8,13H,9-10,19H2,1H3. The third kappa shape index (κ3) is 3.50. The van der Waals surface area contributed by atoms with E-state index in [1.54, 1.807) is 0 Å². The minimum absolute atomic E-state index is 0.234. The molecular formula is C16H17Cl2N. The number of rotatable bonds is 4. The quantitative estimate of drug-likeness (QED) is 0.877. The van der Waals surface area contributed by atoms with Crippen molar-refractivity contribution in [3.05, 3.63) is 69.2 Å². The van der Waals surface area contributed by atoms with Gasteiger partial charge in [0.2, 0.25) is 0 Å². The van der Waals surface area contributed by atoms with E-state index >= 15 is 0 Å². The van der Waals surface area contributed by atoms with Crippen LogP contribution in [0.25, 0.3) is 0 Å². The van der Waals surface area contributed by atoms with Gasteiger partial charge in [0.1, 0.15) is 0 Å². The number of halogens is 2. The van der Waals surface area contributed by atoms with E-state index in [-0.39, 0.29) is 5.92 Å². The maximum atomic E-state index is 6.22. The maximum absolute atomic E-state index is 6.22. The molecule has 0 amide bonds. The third-order valence-electron chi connectivity index (χ3n) is 3.35. The SMILES string of the molecule is Cc1ccc(C(CN)Cc2c(Cl)cccc2Cl)cc1. The first-order valence-corrected chi connectivity index (χ1v) is 7.07. The summed E-state index contributed by atoms with van der Waals surface area (Å²) >= 11 is 12.4. The zero-order valence-corrected chi connectivity index (χ0v) is 12.4. The summed E-state index contributed by atoms with van der Waals surface area (Å²) in [5, 5.41) is 1.41. The second-order valence-corrected chi connectivity index (χ2v) is 5.56. The van der Waals surface area contributed by atoms with E-state index in [1.807, 2.05) is 18.2 Å². The van der Waals surface area contributed by atoms with E-state index in [0.29, 0.717) is 16.6 Å². The molecule has 19 heavy (non-hydrogen) atoms. The smallest absolute Gasteiger partial charge is 0.0453 e. The van der Waals surface area contributed by atoms with E-state index in [1.165, 1.54) is 11.1 Å². The summed E-state index contributed by atoms with van der Waals surface area (Å²) in [6.45, 7) is 2.65. The van der Waals surface area contributed by atoms with Crippen LogP contribution in [0.15, 0.2) is 42.5 Å². The highest BCUT2D eigenvalue weighted by molar-refractivity contribution is 6.36. The predicted molar refractivity (Wildman–Crippen MR) is 83.1 cm³/mol. The van der Waals surface area contributed by atoms with Crippen molar-refractivity contribution in [2.45, 2.75) is 19.3 Å². The molecule has 0 aliphatic heterocycles. The van der Waals surface area contributed by atoms with Gasteiger partial charge in [-0.05, 0) is 43.1 Å². The lowest BCUT2D eigenvalue weighted by molar-refractivity contribution is 0.694. The molecule has 0 aliphatic rings. The largest absolute Gasteiger partial charge is 0.330 e. The van der Waals surface area contributed by atoms with Crippen molar-refractivity contribution in [1.29, 1.82) is 0 Å². The summed E-state index contributed by atoms with van der Waals surface area (Å²) in [6, 6.07) is 14.0. The van der Waals surface area contributed by atoms with Crippen LogP contribution >= 0.6 is 23.2 Å². The maximum Gasteiger partial charge on any atom is 0.0453 e. The molecule has 1 unspecified atom stereocenters. The van der Waals surface area contributed by atoms with Gasteiger partial charge < -0.3 is 5.73 Å². The van der Waals surface area contributed by atoms with Crippen molar-refractivity contribution < 1.29 is 0 Å². The van der Waals surface area contributed by atoms with Gasteiger partial charge in [-0.1, -0.05) is 59.1 Å². The summed E-state index contributed by atoms with van der Waals surface area (Å²) in [7, 11) is 0. The molecule has 0 bridgehead atoms. The lowest BCUT2D eigenvalue weighted by Crippen LogP contribution is -2.15. The average Bonchev–Trinajstić information content (AvgIpc) is 2.40. The Morgan fingerprint density at radius 1 is 1.00 bits per heavy atom. The van der Waals surface area contributed by atoms with Crippen LogP contribution in [0, 0.1) is 6.92 Å². The molecule has 0 saturated heterocycles. The summed E-state index contributed by atoms with van der Waals surface area (Å²) < 4.78 is 0. The zero-order valence-electron chi connectivity index (χ0n) is 10.9. The molecule has 0 radical (unpaired) electrons. The molecule has 0 saturated carbocycles. The van der Waals surface area contributed by atoms with Crippen molar-refractivity contribution in [2.75, 3.05) is 6.54 Å². The highest BCUT2D eigenvalue weighted by atomic mass is 35.5. The Hall–Kier alpha value is -1.02. The zero-order chi connectivity index (χ0) is 13.8. The average molecular weight is 294 g/mol. The first-order valence-electron chi connectivity index (χ1n) is 6.31. The first-order chi connectivity index (χ1) is 9.11. The lowest BCUT2D eigenvalue weighted by Gasteiger charge is -2.17. The van der Waals surface area contributed by atoms with Gasteiger partial charge in [-0.25, -0.2) is 0 Å². The Labute approximate surface area is 124 Å². The normalized spacial score (nSPS) is 12.4. The van der Waals surface area contributed by atoms with Gasteiger partial charge in [-0.15, -0.1) is 0 Å². The Kier molecular flexibility index (Phi) is 4.87. The molecular weight excluding hydrogens is 277 g/mol. The van der Waals surface area contributed by atoms with Crippen molar-refractivity contribution in [3.8, 4) is 0 Å². The third-order valence-corrected chi connectivity index (χ3v) is 4.05. The van der Waals surface area contributed by atoms with E-state index in [4.69, 9.17) is 28.9 Å². The highest BCUT2D eigenvalue weighted by Crippen LogP contribution is 2.30. The molecule has 2 aromatic rings. The van der Waals surface area contributed by atoms with Gasteiger partial charge in [-0.2, -0.15) is 0 Å². The van der Waals surface area contributed by atoms with Crippen LogP contribution in [0.3, 0.4) is 0 Å². The van der Waals surface area contributed by atoms with Crippen LogP contribution in [0.5, 0.6) is 0 Å². The summed E-state index contributed by atoms with van der Waals surface area (Å²) in [5.74, 6) is 0.234. The van der Waals surface area contributed by atoms with Gasteiger partial charge >= 0.3 is 0 Å². The van der Waals surface area contributed by atoms with E-state index in [0.717, 1.165) is 12.0 Å². The van der Waals surface area contributed by atoms with Crippen LogP contribution in [-0.2, 0) is 6.42 Å². The van der Waals surface area contributed by atoms with Crippen molar-refractivity contribution in [2.24, 2.45) is 5.73 Å². The van der Waals surface area contributed by atoms with Crippen molar-refractivity contribution >= 4 is 23.2 Å². The van der Waals surface area contributed by atoms with Crippen LogP contribution in [-0.4, -0.2) is 6.54 Å². The molecule has 2 rings (SSSR count). The van der Waals surface area contributed by atoms with E-state index < -0.39 is 0 Å². The fourth-order valence-corrected chi connectivity index (χ4v) is 2.70. The van der Waals surface area contributed by atoms with Crippen LogP contribution in [0.2, 0.25) is 10.0 Å². The molecule has 1 atom stereocenters. The monoisotopic (exact) mass is 293 g/mol. The van der Waals surface area contributed by atoms with Crippen LogP contribution in [0.4, 0.5) is 0 Å². The van der Waals surface area contributed by atoms with Crippen LogP contribution < -0.4 is 5.73 Å². The van der Waals surface area contributed by atoms with Gasteiger partial charge in [0.15, 0.2) is 0 Å². The fourth-order valence-electron chi connectivity index (χ4n) is 2.15. The Morgan fingerprint density at radius 2 is 1.58 bits per heavy atom. The van der Waals surface area contributed by atoms with Gasteiger partial charge in [-0.3, -0.25) is 0 Å². The number of nitrogens with two attached hydrogens (primary N) is 1. The highest BCUT2D eigenvalue weighted by Gasteiger charge is 2.14. The molecule has 100 valence electrons. The van der Waals surface area contributed by atoms with Crippen molar-refractivity contribution in [1.82, 2.24) is 0 Å². The lowest BCUT2D eigenvalue weighted by atomic mass is 9.91. The molecule has 0 aromatic heterocycles. The Morgan fingerprint density at radius 3 is 2.11 bits per heavy atom. The summed E-state index contributed by atoms with van der Waals surface area (Å²) in [5.41, 5.74) is 9.35. The number of aryl methyl sites for hydroxylation is 1. The van der Waals surface area contributed by atoms with E-state index in [9.17, 15) is 0 Å². The van der Waals surface area contributed by atoms with Gasteiger partial charge in [0.05, 0.1) is 0 Å². The van der Waals surface area contributed by atoms with E-state index in [2.05, 4.69) is 31.2 Å². The van der Waals surface area contributed by atoms with Crippen molar-refractivity contribution in [3.63, 3.8) is 0 Å². The van der Waals surface area contributed by atoms with Gasteiger partial charge in [0, 0.05) is 16.0 Å². The minimum atomic E-state index is 0.234. The topological polar surface area (TPSA) is 26.0 Å². The summed E-state index contributed by atoms with van der Waals surface area (Å²) in [4.78, 5) is 0. The second-order valence-electron chi connectivity index (χ2n) is 4.75. The summed E-state index contributed by atoms with van der Waals surface area (Å²) in [6.07, 6.45) is 0.762. The first kappa shape index (κ1) is 14.4. The molecule has 1 nitrogen and oxygen atoms in total. The van der Waals surface area contributed by atoms with Crippen LogP contribution in [0.1, 0.15) is 22.6 Å². The molecule has 0 spiro atoms. The number of hydrogen-bond acceptors (Lipinski definition) is 1. The number of hydrogen-bond donors (Lipinski definition) is 1. The van der Waals surface area contributed by atoms with Gasteiger partial charge in [0.25, 0.3) is 0 Å². The number of benzene rings is 2. The Balaban J connectivity index is 2.26. The molecule has 0 heterocycles. The molecule has 2 N–H and O–H groups in total. The Bertz CT molecular complexity index is 529. The minimum Gasteiger partial charge on any atom is -0.330 e. The predicted octanol–water partition coefficient (Wildman–Crippen LogP) is 4.59. The molecule has 2 aromatic carbocycles. The molecule has 0 fully saturated rings. The second kappa shape index (κ2) is 6.42. The fraction of sp³-hybridized carbons (Fsp3) is 0.250. The molecule has 0 aliphatic carbocycles.